The van der Waals surface area contributed by atoms with Crippen LogP contribution in [-0.2, 0) is 19.2 Å². The van der Waals surface area contributed by atoms with Gasteiger partial charge < -0.3 is 21.3 Å². The van der Waals surface area contributed by atoms with Crippen LogP contribution in [0.4, 0.5) is 0 Å². The number of Topliss-reactive ketones (excluding diaryl/α,β-unsaturated/α-hetero) is 1. The fourth-order valence-electron chi connectivity index (χ4n) is 4.13. The number of carbonyl (C=O) groups excluding carboxylic acids is 4. The molecule has 4 N–H and O–H groups in total. The topological polar surface area (TPSA) is 122 Å². The minimum atomic E-state index is -1.04. The van der Waals surface area contributed by atoms with E-state index in [0.717, 1.165) is 25.7 Å². The molecule has 0 radical (unpaired) electrons. The maximum absolute atomic E-state index is 13.0. The number of primary amides is 1. The summed E-state index contributed by atoms with van der Waals surface area (Å²) >= 11 is 0. The average Bonchev–Trinajstić information content (AvgIpc) is 3.20. The van der Waals surface area contributed by atoms with Crippen LogP contribution in [0.5, 0.6) is 0 Å². The first-order chi connectivity index (χ1) is 15.5. The van der Waals surface area contributed by atoms with Crippen LogP contribution in [0.15, 0.2) is 0 Å². The number of nitrogens with one attached hydrogen (secondary N) is 2. The molecule has 2 rings (SSSR count). The lowest BCUT2D eigenvalue weighted by Crippen LogP contribution is -2.57. The summed E-state index contributed by atoms with van der Waals surface area (Å²) in [7, 11) is 1.74. The first-order valence-electron chi connectivity index (χ1n) is 12.6. The van der Waals surface area contributed by atoms with Gasteiger partial charge in [-0.2, -0.15) is 0 Å². The highest BCUT2D eigenvalue weighted by molar-refractivity contribution is 6.37. The van der Waals surface area contributed by atoms with Gasteiger partial charge in [-0.15, -0.1) is 0 Å². The van der Waals surface area contributed by atoms with Gasteiger partial charge in [0, 0.05) is 6.54 Å². The highest BCUT2D eigenvalue weighted by Crippen LogP contribution is 2.31. The third kappa shape index (κ3) is 9.43. The van der Waals surface area contributed by atoms with Crippen LogP contribution in [0, 0.1) is 11.3 Å². The number of likely N-dealkylation sites (N-methyl/N-ethyl adjacent to an activating group) is 1. The molecule has 1 aliphatic carbocycles. The van der Waals surface area contributed by atoms with E-state index in [1.54, 1.807) is 11.9 Å². The molecule has 8 heteroatoms. The molecule has 1 saturated carbocycles. The SMILES string of the molecule is CC.CCC.CNC(C(=O)N1CCC[C@H]1C(=O)NC(CC1CCC1)C(=O)C(N)=O)C(C)(C)C. The molecule has 2 unspecified atom stereocenters. The lowest BCUT2D eigenvalue weighted by Gasteiger charge is -2.35. The van der Waals surface area contributed by atoms with Crippen LogP contribution in [-0.4, -0.2) is 60.1 Å². The van der Waals surface area contributed by atoms with Gasteiger partial charge >= 0.3 is 0 Å². The smallest absolute Gasteiger partial charge is 0.287 e. The standard InChI is InChI=1S/C20H34N4O4.C3H8.C2H6/c1-20(2,3)16(22-4)19(28)24-10-6-9-14(24)18(27)23-13(15(25)17(21)26)11-12-7-5-8-12;1-3-2;1-2/h12-14,16,22H,5-11H2,1-4H3,(H2,21,26)(H,23,27);3H2,1-2H3;1-2H3/t13?,14-,16?;;/m0../s1. The molecule has 2 fully saturated rings. The molecule has 33 heavy (non-hydrogen) atoms. The highest BCUT2D eigenvalue weighted by atomic mass is 16.2. The number of nitrogens with zero attached hydrogens (tertiary/aromatic N) is 1. The predicted molar refractivity (Wildman–Crippen MR) is 132 cm³/mol. The highest BCUT2D eigenvalue weighted by Gasteiger charge is 2.41. The number of hydrogen-bond acceptors (Lipinski definition) is 5. The summed E-state index contributed by atoms with van der Waals surface area (Å²) in [5.41, 5.74) is 4.87. The average molecular weight is 469 g/mol. The number of ketones is 1. The monoisotopic (exact) mass is 468 g/mol. The van der Waals surface area contributed by atoms with Gasteiger partial charge in [0.2, 0.25) is 17.6 Å². The number of carbonyl (C=O) groups is 4. The Balaban J connectivity index is 0.00000189. The Labute approximate surface area is 200 Å². The summed E-state index contributed by atoms with van der Waals surface area (Å²) in [4.78, 5) is 51.1. The van der Waals surface area contributed by atoms with Gasteiger partial charge in [-0.1, -0.05) is 74.1 Å². The normalized spacial score (nSPS) is 19.6. The molecule has 1 aliphatic heterocycles. The lowest BCUT2D eigenvalue weighted by atomic mass is 9.80. The van der Waals surface area contributed by atoms with E-state index in [1.165, 1.54) is 6.42 Å². The van der Waals surface area contributed by atoms with E-state index in [9.17, 15) is 19.2 Å². The number of rotatable bonds is 8. The lowest BCUT2D eigenvalue weighted by molar-refractivity contribution is -0.143. The molecule has 1 heterocycles. The summed E-state index contributed by atoms with van der Waals surface area (Å²) in [5.74, 6) is -1.98. The Kier molecular flexibility index (Phi) is 14.1. The molecule has 0 bridgehead atoms. The summed E-state index contributed by atoms with van der Waals surface area (Å²) in [6.45, 7) is 14.7. The van der Waals surface area contributed by atoms with Crippen molar-refractivity contribution in [3.63, 3.8) is 0 Å². The van der Waals surface area contributed by atoms with Crippen LogP contribution >= 0.6 is 0 Å². The number of amides is 3. The van der Waals surface area contributed by atoms with Crippen molar-refractivity contribution in [1.29, 1.82) is 0 Å². The Morgan fingerprint density at radius 3 is 1.97 bits per heavy atom. The predicted octanol–water partition coefficient (Wildman–Crippen LogP) is 2.78. The van der Waals surface area contributed by atoms with Crippen LogP contribution in [0.1, 0.15) is 93.4 Å². The van der Waals surface area contributed by atoms with Crippen molar-refractivity contribution in [2.45, 2.75) is 112 Å². The zero-order valence-corrected chi connectivity index (χ0v) is 22.1. The third-order valence-corrected chi connectivity index (χ3v) is 5.91. The molecule has 3 atom stereocenters. The number of hydrogen-bond donors (Lipinski definition) is 3. The Morgan fingerprint density at radius 2 is 1.58 bits per heavy atom. The fraction of sp³-hybridized carbons (Fsp3) is 0.840. The molecule has 0 aromatic heterocycles. The second-order valence-electron chi connectivity index (χ2n) is 9.81. The first-order valence-corrected chi connectivity index (χ1v) is 12.6. The number of likely N-dealkylation sites (tertiary alicyclic amines) is 1. The maximum Gasteiger partial charge on any atom is 0.287 e. The van der Waals surface area contributed by atoms with Gasteiger partial charge in [0.25, 0.3) is 5.91 Å². The molecular weight excluding hydrogens is 420 g/mol. The van der Waals surface area contributed by atoms with Crippen molar-refractivity contribution in [3.8, 4) is 0 Å². The van der Waals surface area contributed by atoms with Gasteiger partial charge in [0.1, 0.15) is 6.04 Å². The molecule has 2 aliphatic rings. The maximum atomic E-state index is 13.0. The van der Waals surface area contributed by atoms with E-state index < -0.39 is 29.8 Å². The second kappa shape index (κ2) is 15.0. The summed E-state index contributed by atoms with van der Waals surface area (Å²) < 4.78 is 0. The molecule has 3 amide bonds. The van der Waals surface area contributed by atoms with Crippen molar-refractivity contribution in [2.75, 3.05) is 13.6 Å². The van der Waals surface area contributed by atoms with E-state index in [1.807, 2.05) is 34.6 Å². The summed E-state index contributed by atoms with van der Waals surface area (Å²) in [6, 6.07) is -1.95. The van der Waals surface area contributed by atoms with Crippen LogP contribution < -0.4 is 16.4 Å². The molecule has 0 aromatic rings. The third-order valence-electron chi connectivity index (χ3n) is 5.91. The van der Waals surface area contributed by atoms with E-state index in [4.69, 9.17) is 5.73 Å². The second-order valence-corrected chi connectivity index (χ2v) is 9.81. The van der Waals surface area contributed by atoms with Crippen LogP contribution in [0.2, 0.25) is 0 Å². The molecule has 1 saturated heterocycles. The van der Waals surface area contributed by atoms with E-state index in [-0.39, 0.29) is 17.2 Å². The van der Waals surface area contributed by atoms with E-state index in [2.05, 4.69) is 24.5 Å². The fourth-order valence-corrected chi connectivity index (χ4v) is 4.13. The Bertz CT molecular complexity index is 641. The minimum Gasteiger partial charge on any atom is -0.363 e. The molecule has 0 spiro atoms. The van der Waals surface area contributed by atoms with Crippen molar-refractivity contribution >= 4 is 23.5 Å². The summed E-state index contributed by atoms with van der Waals surface area (Å²) in [6.07, 6.45) is 6.01. The van der Waals surface area contributed by atoms with Crippen LogP contribution in [0.3, 0.4) is 0 Å². The van der Waals surface area contributed by atoms with Crippen molar-refractivity contribution in [1.82, 2.24) is 15.5 Å². The molecule has 0 aromatic carbocycles. The molecule has 8 nitrogen and oxygen atoms in total. The van der Waals surface area contributed by atoms with Gasteiger partial charge in [0.15, 0.2) is 0 Å². The Hall–Kier alpha value is -1.96. The van der Waals surface area contributed by atoms with Crippen molar-refractivity contribution < 1.29 is 19.2 Å². The van der Waals surface area contributed by atoms with Crippen molar-refractivity contribution in [2.24, 2.45) is 17.1 Å². The van der Waals surface area contributed by atoms with Crippen molar-refractivity contribution in [3.05, 3.63) is 0 Å². The zero-order chi connectivity index (χ0) is 25.8. The van der Waals surface area contributed by atoms with Crippen LogP contribution in [0.25, 0.3) is 0 Å². The van der Waals surface area contributed by atoms with E-state index in [0.29, 0.717) is 25.3 Å². The van der Waals surface area contributed by atoms with E-state index >= 15 is 0 Å². The van der Waals surface area contributed by atoms with Gasteiger partial charge in [0.05, 0.1) is 12.1 Å². The van der Waals surface area contributed by atoms with Gasteiger partial charge in [-0.05, 0) is 37.6 Å². The quantitative estimate of drug-likeness (QED) is 0.473. The molecular formula is C25H48N4O4. The number of nitrogens with two attached hydrogens (primary N) is 1. The zero-order valence-electron chi connectivity index (χ0n) is 22.1. The Morgan fingerprint density at radius 1 is 1.03 bits per heavy atom. The van der Waals surface area contributed by atoms with Gasteiger partial charge in [-0.25, -0.2) is 0 Å². The minimum absolute atomic E-state index is 0.121. The van der Waals surface area contributed by atoms with Gasteiger partial charge in [-0.3, -0.25) is 19.2 Å². The molecule has 192 valence electrons. The summed E-state index contributed by atoms with van der Waals surface area (Å²) in [5, 5.41) is 5.77. The first kappa shape index (κ1) is 31.0. The largest absolute Gasteiger partial charge is 0.363 e.